The second-order valence-corrected chi connectivity index (χ2v) is 11.0. The zero-order valence-electron chi connectivity index (χ0n) is 20.4. The molecule has 3 nitrogen and oxygen atoms in total. The Hall–Kier alpha value is -3.42. The molecular weight excluding hydrogens is 435 g/mol. The van der Waals surface area contributed by atoms with Crippen LogP contribution >= 0.6 is 7.92 Å². The van der Waals surface area contributed by atoms with Gasteiger partial charge >= 0.3 is 6.03 Å². The van der Waals surface area contributed by atoms with E-state index in [1.54, 1.807) is 0 Å². The molecule has 4 aromatic carbocycles. The third kappa shape index (κ3) is 5.38. The number of anilines is 2. The van der Waals surface area contributed by atoms with Crippen molar-refractivity contribution in [3.8, 4) is 0 Å². The first kappa shape index (κ1) is 23.7. The summed E-state index contributed by atoms with van der Waals surface area (Å²) in [5, 5.41) is 9.89. The Kier molecular flexibility index (Phi) is 7.14. The molecule has 0 aromatic heterocycles. The predicted octanol–water partition coefficient (Wildman–Crippen LogP) is 6.63. The van der Waals surface area contributed by atoms with Gasteiger partial charge < -0.3 is 10.6 Å². The van der Waals surface area contributed by atoms with E-state index in [0.29, 0.717) is 0 Å². The van der Waals surface area contributed by atoms with Crippen molar-refractivity contribution in [1.29, 1.82) is 0 Å². The standard InChI is InChI=1S/C30H31N2OP/c1-20-14-15-28(22(3)16-20)32-30(33)31-25-10-9-13-27(19-25)34(26-11-7-6-8-12-26)29-23(4)17-21(2)18-24(29)5/h6-19H,1-5H3,(H2,31,32,33). The molecule has 2 amide bonds. The number of aryl methyl sites for hydroxylation is 5. The quantitative estimate of drug-likeness (QED) is 0.319. The van der Waals surface area contributed by atoms with Gasteiger partial charge in [-0.1, -0.05) is 77.9 Å². The summed E-state index contributed by atoms with van der Waals surface area (Å²) in [5.41, 5.74) is 7.70. The fourth-order valence-electron chi connectivity index (χ4n) is 4.47. The van der Waals surface area contributed by atoms with E-state index in [9.17, 15) is 4.79 Å². The molecule has 0 saturated heterocycles. The number of hydrogen-bond acceptors (Lipinski definition) is 1. The summed E-state index contributed by atoms with van der Waals surface area (Å²) in [6, 6.07) is 29.2. The Bertz CT molecular complexity index is 1310. The molecular formula is C30H31N2OP. The second kappa shape index (κ2) is 10.2. The van der Waals surface area contributed by atoms with Crippen LogP contribution in [0.1, 0.15) is 27.8 Å². The lowest BCUT2D eigenvalue weighted by Gasteiger charge is -2.24. The molecule has 34 heavy (non-hydrogen) atoms. The predicted molar refractivity (Wildman–Crippen MR) is 148 cm³/mol. The Morgan fingerprint density at radius 3 is 1.94 bits per heavy atom. The first-order valence-corrected chi connectivity index (χ1v) is 12.8. The van der Waals surface area contributed by atoms with Crippen LogP contribution in [-0.4, -0.2) is 6.03 Å². The van der Waals surface area contributed by atoms with Crippen LogP contribution < -0.4 is 26.5 Å². The molecule has 0 heterocycles. The zero-order valence-corrected chi connectivity index (χ0v) is 21.3. The highest BCUT2D eigenvalue weighted by Gasteiger charge is 2.21. The third-order valence-electron chi connectivity index (χ3n) is 5.87. The van der Waals surface area contributed by atoms with E-state index in [2.05, 4.69) is 92.1 Å². The van der Waals surface area contributed by atoms with E-state index >= 15 is 0 Å². The van der Waals surface area contributed by atoms with Crippen molar-refractivity contribution < 1.29 is 4.79 Å². The van der Waals surface area contributed by atoms with Gasteiger partial charge in [0.25, 0.3) is 0 Å². The van der Waals surface area contributed by atoms with Crippen molar-refractivity contribution in [3.05, 3.63) is 113 Å². The van der Waals surface area contributed by atoms with Crippen molar-refractivity contribution in [3.63, 3.8) is 0 Å². The minimum absolute atomic E-state index is 0.240. The number of hydrogen-bond donors (Lipinski definition) is 2. The average molecular weight is 467 g/mol. The molecule has 4 aromatic rings. The first-order chi connectivity index (χ1) is 16.3. The first-order valence-electron chi connectivity index (χ1n) is 11.5. The number of urea groups is 1. The highest BCUT2D eigenvalue weighted by atomic mass is 31.1. The highest BCUT2D eigenvalue weighted by Crippen LogP contribution is 2.36. The van der Waals surface area contributed by atoms with Gasteiger partial charge in [0.15, 0.2) is 0 Å². The summed E-state index contributed by atoms with van der Waals surface area (Å²) in [7, 11) is -0.770. The van der Waals surface area contributed by atoms with Crippen molar-refractivity contribution >= 4 is 41.2 Å². The molecule has 0 aliphatic heterocycles. The lowest BCUT2D eigenvalue weighted by molar-refractivity contribution is 0.262. The van der Waals surface area contributed by atoms with Gasteiger partial charge in [-0.2, -0.15) is 0 Å². The van der Waals surface area contributed by atoms with Crippen LogP contribution in [0.4, 0.5) is 16.2 Å². The van der Waals surface area contributed by atoms with Crippen LogP contribution in [0.3, 0.4) is 0 Å². The van der Waals surface area contributed by atoms with Gasteiger partial charge in [0.05, 0.1) is 0 Å². The lowest BCUT2D eigenvalue weighted by Crippen LogP contribution is -2.25. The van der Waals surface area contributed by atoms with Gasteiger partial charge in [0, 0.05) is 11.4 Å². The van der Waals surface area contributed by atoms with Crippen molar-refractivity contribution in [1.82, 2.24) is 0 Å². The summed E-state index contributed by atoms with van der Waals surface area (Å²) in [5.74, 6) is 0. The number of amides is 2. The van der Waals surface area contributed by atoms with Gasteiger partial charge in [0.1, 0.15) is 0 Å². The molecule has 4 rings (SSSR count). The van der Waals surface area contributed by atoms with Crippen LogP contribution in [0.2, 0.25) is 0 Å². The number of carbonyl (C=O) groups excluding carboxylic acids is 1. The van der Waals surface area contributed by atoms with Crippen LogP contribution in [-0.2, 0) is 0 Å². The van der Waals surface area contributed by atoms with Crippen LogP contribution in [0.25, 0.3) is 0 Å². The number of nitrogens with one attached hydrogen (secondary N) is 2. The summed E-state index contributed by atoms with van der Waals surface area (Å²) < 4.78 is 0. The summed E-state index contributed by atoms with van der Waals surface area (Å²) in [6.07, 6.45) is 0. The second-order valence-electron chi connectivity index (χ2n) is 8.87. The Morgan fingerprint density at radius 1 is 0.618 bits per heavy atom. The molecule has 4 heteroatoms. The largest absolute Gasteiger partial charge is 0.323 e. The topological polar surface area (TPSA) is 41.1 Å². The summed E-state index contributed by atoms with van der Waals surface area (Å²) in [4.78, 5) is 12.8. The van der Waals surface area contributed by atoms with Crippen LogP contribution in [0.5, 0.6) is 0 Å². The fraction of sp³-hybridized carbons (Fsp3) is 0.167. The molecule has 172 valence electrons. The fourth-order valence-corrected chi connectivity index (χ4v) is 7.09. The molecule has 0 spiro atoms. The smallest absolute Gasteiger partial charge is 0.308 e. The maximum absolute atomic E-state index is 12.8. The zero-order chi connectivity index (χ0) is 24.2. The molecule has 0 aliphatic carbocycles. The van der Waals surface area contributed by atoms with Gasteiger partial charge in [-0.05, 0) is 93.3 Å². The van der Waals surface area contributed by atoms with E-state index in [1.807, 2.05) is 38.1 Å². The van der Waals surface area contributed by atoms with Crippen molar-refractivity contribution in [2.24, 2.45) is 0 Å². The summed E-state index contributed by atoms with van der Waals surface area (Å²) >= 11 is 0. The normalized spacial score (nSPS) is 11.7. The lowest BCUT2D eigenvalue weighted by atomic mass is 10.1. The van der Waals surface area contributed by atoms with E-state index in [-0.39, 0.29) is 6.03 Å². The van der Waals surface area contributed by atoms with E-state index in [0.717, 1.165) is 16.9 Å². The van der Waals surface area contributed by atoms with Gasteiger partial charge in [-0.25, -0.2) is 4.79 Å². The molecule has 0 bridgehead atoms. The van der Waals surface area contributed by atoms with Crippen LogP contribution in [0.15, 0.2) is 84.9 Å². The van der Waals surface area contributed by atoms with Gasteiger partial charge in [-0.15, -0.1) is 0 Å². The van der Waals surface area contributed by atoms with E-state index < -0.39 is 7.92 Å². The maximum atomic E-state index is 12.8. The van der Waals surface area contributed by atoms with Crippen LogP contribution in [0, 0.1) is 34.6 Å². The Labute approximate surface area is 204 Å². The maximum Gasteiger partial charge on any atom is 0.323 e. The SMILES string of the molecule is Cc1ccc(NC(=O)Nc2cccc(P(c3ccccc3)c3c(C)cc(C)cc3C)c2)c(C)c1. The van der Waals surface area contributed by atoms with Crippen molar-refractivity contribution in [2.45, 2.75) is 34.6 Å². The molecule has 1 atom stereocenters. The molecule has 0 aliphatic rings. The highest BCUT2D eigenvalue weighted by molar-refractivity contribution is 7.80. The van der Waals surface area contributed by atoms with Gasteiger partial charge in [-0.3, -0.25) is 0 Å². The van der Waals surface area contributed by atoms with E-state index in [1.165, 1.54) is 38.2 Å². The monoisotopic (exact) mass is 466 g/mol. The Balaban J connectivity index is 1.67. The van der Waals surface area contributed by atoms with Gasteiger partial charge in [0.2, 0.25) is 0 Å². The summed E-state index contributed by atoms with van der Waals surface area (Å²) in [6.45, 7) is 10.6. The average Bonchev–Trinajstić information content (AvgIpc) is 2.79. The Morgan fingerprint density at radius 2 is 1.26 bits per heavy atom. The number of carbonyl (C=O) groups is 1. The molecule has 0 fully saturated rings. The minimum Gasteiger partial charge on any atom is -0.308 e. The van der Waals surface area contributed by atoms with E-state index in [4.69, 9.17) is 0 Å². The minimum atomic E-state index is -0.770. The molecule has 2 N–H and O–H groups in total. The number of rotatable bonds is 5. The molecule has 0 radical (unpaired) electrons. The number of benzene rings is 4. The van der Waals surface area contributed by atoms with Crippen molar-refractivity contribution in [2.75, 3.05) is 10.6 Å². The molecule has 0 saturated carbocycles. The molecule has 1 unspecified atom stereocenters. The third-order valence-corrected chi connectivity index (χ3v) is 8.63.